The Morgan fingerprint density at radius 2 is 1.89 bits per heavy atom. The third kappa shape index (κ3) is 3.83. The molecule has 2 N–H and O–H groups in total. The van der Waals surface area contributed by atoms with Crippen LogP contribution in [0.5, 0.6) is 0 Å². The van der Waals surface area contributed by atoms with Gasteiger partial charge in [0.1, 0.15) is 11.5 Å². The van der Waals surface area contributed by atoms with E-state index in [1.165, 1.54) is 6.20 Å². The maximum atomic E-state index is 14.1. The molecule has 0 bridgehead atoms. The second-order valence-electron chi connectivity index (χ2n) is 6.18. The van der Waals surface area contributed by atoms with Crippen LogP contribution in [-0.4, -0.2) is 67.2 Å². The molecule has 0 amide bonds. The lowest BCUT2D eigenvalue weighted by molar-refractivity contribution is 0.600. The number of nitrogens with zero attached hydrogens (tertiary/aromatic N) is 7. The Morgan fingerprint density at radius 1 is 1.14 bits per heavy atom. The minimum atomic E-state index is -4.06. The zero-order chi connectivity index (χ0) is 20.5. The summed E-state index contributed by atoms with van der Waals surface area (Å²) in [7, 11) is 2.95. The minimum Gasteiger partial charge on any atom is -0.361 e. The molecule has 0 aliphatic carbocycles. The van der Waals surface area contributed by atoms with Gasteiger partial charge in [-0.15, -0.1) is 10.2 Å². The maximum absolute atomic E-state index is 14.1. The molecule has 11 nitrogen and oxygen atoms in total. The van der Waals surface area contributed by atoms with Gasteiger partial charge in [-0.1, -0.05) is 0 Å². The average molecular weight is 407 g/mol. The number of rotatable bonds is 6. The van der Waals surface area contributed by atoms with E-state index in [1.807, 2.05) is 0 Å². The molecule has 0 aliphatic rings. The molecule has 13 heteroatoms. The highest BCUT2D eigenvalue weighted by molar-refractivity contribution is 7.92. The van der Waals surface area contributed by atoms with Crippen LogP contribution in [-0.2, 0) is 10.0 Å². The van der Waals surface area contributed by atoms with Gasteiger partial charge in [-0.2, -0.15) is 10.2 Å². The van der Waals surface area contributed by atoms with Gasteiger partial charge in [-0.05, 0) is 23.4 Å². The molecule has 0 unspecified atom stereocenters. The Balaban J connectivity index is 2.00. The van der Waals surface area contributed by atoms with E-state index in [9.17, 15) is 12.8 Å². The largest absolute Gasteiger partial charge is 0.361 e. The summed E-state index contributed by atoms with van der Waals surface area (Å²) in [6, 6.07) is 3.30. The van der Waals surface area contributed by atoms with Crippen molar-refractivity contribution >= 4 is 27.5 Å². The van der Waals surface area contributed by atoms with Crippen LogP contribution >= 0.6 is 0 Å². The number of hydrogen-bond acceptors (Lipinski definition) is 9. The van der Waals surface area contributed by atoms with E-state index in [0.29, 0.717) is 11.8 Å². The van der Waals surface area contributed by atoms with Crippen molar-refractivity contribution in [1.82, 2.24) is 30.6 Å². The SMILES string of the molecule is CN(C)c1ncc(NS(=O)(=O)c2ccc(F)c(-c3nn[nH]n3)c2)c(N(C)C)n1. The summed E-state index contributed by atoms with van der Waals surface area (Å²) in [4.78, 5) is 11.7. The number of aromatic amines is 1. The fourth-order valence-electron chi connectivity index (χ4n) is 2.31. The van der Waals surface area contributed by atoms with Crippen molar-refractivity contribution in [2.24, 2.45) is 0 Å². The van der Waals surface area contributed by atoms with Crippen molar-refractivity contribution in [3.05, 3.63) is 30.2 Å². The van der Waals surface area contributed by atoms with Crippen LogP contribution in [0.3, 0.4) is 0 Å². The van der Waals surface area contributed by atoms with Crippen LogP contribution in [0.15, 0.2) is 29.3 Å². The van der Waals surface area contributed by atoms with Crippen LogP contribution in [0.4, 0.5) is 21.8 Å². The number of tetrazole rings is 1. The molecule has 2 aromatic heterocycles. The van der Waals surface area contributed by atoms with Crippen molar-refractivity contribution in [2.75, 3.05) is 42.7 Å². The van der Waals surface area contributed by atoms with Crippen molar-refractivity contribution in [2.45, 2.75) is 4.90 Å². The van der Waals surface area contributed by atoms with Gasteiger partial charge in [0.25, 0.3) is 10.0 Å². The number of sulfonamides is 1. The Labute approximate surface area is 160 Å². The van der Waals surface area contributed by atoms with E-state index in [1.54, 1.807) is 38.0 Å². The molecule has 0 atom stereocenters. The Morgan fingerprint density at radius 3 is 2.50 bits per heavy atom. The summed E-state index contributed by atoms with van der Waals surface area (Å²) in [5.41, 5.74) is 0.0877. The minimum absolute atomic E-state index is 0.0535. The van der Waals surface area contributed by atoms with Gasteiger partial charge in [0, 0.05) is 28.2 Å². The summed E-state index contributed by atoms with van der Waals surface area (Å²) in [6.45, 7) is 0. The van der Waals surface area contributed by atoms with Crippen molar-refractivity contribution in [3.8, 4) is 11.4 Å². The normalized spacial score (nSPS) is 11.3. The number of anilines is 3. The first-order chi connectivity index (χ1) is 13.2. The highest BCUT2D eigenvalue weighted by Gasteiger charge is 2.21. The zero-order valence-corrected chi connectivity index (χ0v) is 16.4. The number of nitrogens with one attached hydrogen (secondary N) is 2. The van der Waals surface area contributed by atoms with E-state index >= 15 is 0 Å². The first kappa shape index (κ1) is 19.4. The lowest BCUT2D eigenvalue weighted by atomic mass is 10.2. The third-order valence-corrected chi connectivity index (χ3v) is 5.02. The standard InChI is InChI=1S/C15H18FN9O2S/c1-24(2)14-12(8-17-15(18-14)25(3)4)21-28(26,27)9-5-6-11(16)10(7-9)13-19-22-23-20-13/h5-8,21H,1-4H3,(H,19,20,22,23). The van der Waals surface area contributed by atoms with Gasteiger partial charge < -0.3 is 9.80 Å². The van der Waals surface area contributed by atoms with Gasteiger partial charge in [-0.3, -0.25) is 4.72 Å². The quantitative estimate of drug-likeness (QED) is 0.606. The molecule has 148 valence electrons. The van der Waals surface area contributed by atoms with Crippen molar-refractivity contribution < 1.29 is 12.8 Å². The fraction of sp³-hybridized carbons (Fsp3) is 0.267. The van der Waals surface area contributed by atoms with Gasteiger partial charge in [0.05, 0.1) is 16.7 Å². The lowest BCUT2D eigenvalue weighted by Crippen LogP contribution is -2.21. The van der Waals surface area contributed by atoms with Crippen LogP contribution in [0.25, 0.3) is 11.4 Å². The van der Waals surface area contributed by atoms with E-state index < -0.39 is 15.8 Å². The molecule has 0 saturated heterocycles. The molecular formula is C15H18FN9O2S. The maximum Gasteiger partial charge on any atom is 0.262 e. The van der Waals surface area contributed by atoms with Gasteiger partial charge in [-0.25, -0.2) is 17.8 Å². The van der Waals surface area contributed by atoms with Gasteiger partial charge >= 0.3 is 0 Å². The molecule has 0 fully saturated rings. The monoisotopic (exact) mass is 407 g/mol. The molecule has 2 heterocycles. The second kappa shape index (κ2) is 7.34. The average Bonchev–Trinajstić information content (AvgIpc) is 3.16. The first-order valence-corrected chi connectivity index (χ1v) is 9.45. The molecule has 0 aliphatic heterocycles. The van der Waals surface area contributed by atoms with E-state index in [2.05, 4.69) is 35.3 Å². The van der Waals surface area contributed by atoms with Crippen LogP contribution < -0.4 is 14.5 Å². The van der Waals surface area contributed by atoms with E-state index in [-0.39, 0.29) is 22.0 Å². The molecule has 3 rings (SSSR count). The molecule has 0 radical (unpaired) electrons. The van der Waals surface area contributed by atoms with Gasteiger partial charge in [0.2, 0.25) is 11.8 Å². The predicted octanol–water partition coefficient (Wildman–Crippen LogP) is 0.729. The van der Waals surface area contributed by atoms with Crippen LogP contribution in [0, 0.1) is 5.82 Å². The highest BCUT2D eigenvalue weighted by atomic mass is 32.2. The summed E-state index contributed by atoms with van der Waals surface area (Å²) >= 11 is 0. The zero-order valence-electron chi connectivity index (χ0n) is 15.5. The number of H-pyrrole nitrogens is 1. The fourth-order valence-corrected chi connectivity index (χ4v) is 3.39. The number of aromatic nitrogens is 6. The molecule has 0 spiro atoms. The summed E-state index contributed by atoms with van der Waals surface area (Å²) in [6.07, 6.45) is 1.37. The number of halogens is 1. The molecule has 3 aromatic rings. The molecule has 1 aromatic carbocycles. The molecular weight excluding hydrogens is 389 g/mol. The Hall–Kier alpha value is -3.35. The summed E-state index contributed by atoms with van der Waals surface area (Å²) in [5.74, 6) is 0.0748. The van der Waals surface area contributed by atoms with Crippen LogP contribution in [0.1, 0.15) is 0 Å². The molecule has 0 saturated carbocycles. The van der Waals surface area contributed by atoms with Gasteiger partial charge in [0.15, 0.2) is 5.82 Å². The Bertz CT molecular complexity index is 1080. The lowest BCUT2D eigenvalue weighted by Gasteiger charge is -2.19. The van der Waals surface area contributed by atoms with Crippen molar-refractivity contribution in [1.29, 1.82) is 0 Å². The number of hydrogen-bond donors (Lipinski definition) is 2. The first-order valence-electron chi connectivity index (χ1n) is 7.97. The predicted molar refractivity (Wildman–Crippen MR) is 101 cm³/mol. The number of benzene rings is 1. The Kier molecular flexibility index (Phi) is 5.09. The summed E-state index contributed by atoms with van der Waals surface area (Å²) < 4.78 is 42.2. The van der Waals surface area contributed by atoms with Crippen molar-refractivity contribution in [3.63, 3.8) is 0 Å². The smallest absolute Gasteiger partial charge is 0.262 e. The van der Waals surface area contributed by atoms with Crippen LogP contribution in [0.2, 0.25) is 0 Å². The molecule has 28 heavy (non-hydrogen) atoms. The highest BCUT2D eigenvalue weighted by Crippen LogP contribution is 2.28. The summed E-state index contributed by atoms with van der Waals surface area (Å²) in [5, 5.41) is 12.9. The topological polar surface area (TPSA) is 133 Å². The third-order valence-electron chi connectivity index (χ3n) is 3.66. The van der Waals surface area contributed by atoms with E-state index in [0.717, 1.165) is 18.2 Å². The van der Waals surface area contributed by atoms with E-state index in [4.69, 9.17) is 0 Å². The second-order valence-corrected chi connectivity index (χ2v) is 7.86.